The van der Waals surface area contributed by atoms with Crippen molar-refractivity contribution in [2.45, 2.75) is 129 Å². The average Bonchev–Trinajstić information content (AvgIpc) is 3.00. The molecule has 0 spiro atoms. The smallest absolute Gasteiger partial charge is 0.260 e. The second-order valence-corrected chi connectivity index (χ2v) is 12.5. The first-order valence-corrected chi connectivity index (χ1v) is 17.3. The molecule has 4 rings (SSSR count). The van der Waals surface area contributed by atoms with Crippen molar-refractivity contribution >= 4 is 27.2 Å². The zero-order valence-electron chi connectivity index (χ0n) is 26.9. The van der Waals surface area contributed by atoms with Gasteiger partial charge < -0.3 is 10.4 Å². The SMILES string of the molecule is CCCCCCCCCCCCCCCCCCN=c1cc2c(=O)[nH]c(=O)c3c(NCCCC)cc4c(O)[nH]c(=O)c1c4c3-2. The second-order valence-electron chi connectivity index (χ2n) is 12.5. The maximum atomic E-state index is 13.1. The molecule has 2 heterocycles. The van der Waals surface area contributed by atoms with Crippen LogP contribution >= 0.6 is 0 Å². The summed E-state index contributed by atoms with van der Waals surface area (Å²) in [4.78, 5) is 48.8. The van der Waals surface area contributed by atoms with Gasteiger partial charge in [-0.2, -0.15) is 0 Å². The van der Waals surface area contributed by atoms with Crippen molar-refractivity contribution in [3.8, 4) is 17.0 Å². The van der Waals surface area contributed by atoms with Crippen LogP contribution in [0.25, 0.3) is 32.7 Å². The number of H-pyrrole nitrogens is 2. The second kappa shape index (κ2) is 17.2. The van der Waals surface area contributed by atoms with Crippen molar-refractivity contribution < 1.29 is 5.11 Å². The number of unbranched alkanes of at least 4 members (excludes halogenated alkanes) is 16. The van der Waals surface area contributed by atoms with E-state index in [4.69, 9.17) is 4.99 Å². The lowest BCUT2D eigenvalue weighted by molar-refractivity contribution is 0.459. The van der Waals surface area contributed by atoms with Gasteiger partial charge in [0.05, 0.1) is 21.7 Å². The first-order chi connectivity index (χ1) is 21.5. The van der Waals surface area contributed by atoms with Gasteiger partial charge in [0.25, 0.3) is 16.7 Å². The molecule has 1 aliphatic heterocycles. The van der Waals surface area contributed by atoms with Crippen LogP contribution in [0.3, 0.4) is 0 Å². The number of hydrogen-bond acceptors (Lipinski definition) is 6. The minimum Gasteiger partial charge on any atom is -0.494 e. The summed E-state index contributed by atoms with van der Waals surface area (Å²) in [6.45, 7) is 5.52. The zero-order valence-corrected chi connectivity index (χ0v) is 26.9. The fourth-order valence-electron chi connectivity index (χ4n) is 6.45. The summed E-state index contributed by atoms with van der Waals surface area (Å²) in [6, 6.07) is 3.31. The number of aromatic nitrogens is 2. The molecule has 0 saturated heterocycles. The van der Waals surface area contributed by atoms with E-state index in [1.807, 2.05) is 0 Å². The highest BCUT2D eigenvalue weighted by atomic mass is 16.3. The van der Waals surface area contributed by atoms with Crippen LogP contribution in [0.4, 0.5) is 5.69 Å². The molecule has 1 aliphatic carbocycles. The lowest BCUT2D eigenvalue weighted by Crippen LogP contribution is -2.27. The largest absolute Gasteiger partial charge is 0.494 e. The van der Waals surface area contributed by atoms with E-state index >= 15 is 0 Å². The Hall–Kier alpha value is -3.42. The number of benzene rings is 2. The molecular weight excluding hydrogens is 552 g/mol. The third-order valence-corrected chi connectivity index (χ3v) is 8.94. The lowest BCUT2D eigenvalue weighted by Gasteiger charge is -2.18. The van der Waals surface area contributed by atoms with Gasteiger partial charge in [-0.25, -0.2) is 0 Å². The van der Waals surface area contributed by atoms with Crippen LogP contribution in [0.15, 0.2) is 31.5 Å². The van der Waals surface area contributed by atoms with Crippen molar-refractivity contribution in [2.75, 3.05) is 18.4 Å². The van der Waals surface area contributed by atoms with Crippen molar-refractivity contribution in [3.05, 3.63) is 48.6 Å². The molecule has 240 valence electrons. The quantitative estimate of drug-likeness (QED) is 0.0570. The van der Waals surface area contributed by atoms with Crippen LogP contribution in [0.1, 0.15) is 129 Å². The highest BCUT2D eigenvalue weighted by Crippen LogP contribution is 2.39. The van der Waals surface area contributed by atoms with Gasteiger partial charge in [-0.15, -0.1) is 0 Å². The van der Waals surface area contributed by atoms with E-state index in [1.54, 1.807) is 12.1 Å². The molecule has 1 aromatic carbocycles. The molecule has 1 aromatic heterocycles. The topological polar surface area (TPSA) is 127 Å². The van der Waals surface area contributed by atoms with E-state index < -0.39 is 16.7 Å². The Morgan fingerprint density at radius 2 is 1.18 bits per heavy atom. The van der Waals surface area contributed by atoms with E-state index in [-0.39, 0.29) is 5.88 Å². The molecule has 0 atom stereocenters. The number of rotatable bonds is 21. The lowest BCUT2D eigenvalue weighted by atomic mass is 9.90. The van der Waals surface area contributed by atoms with Crippen LogP contribution in [0.5, 0.6) is 5.88 Å². The van der Waals surface area contributed by atoms with Gasteiger partial charge >= 0.3 is 0 Å². The summed E-state index contributed by atoms with van der Waals surface area (Å²) in [6.07, 6.45) is 22.6. The fourth-order valence-corrected chi connectivity index (χ4v) is 6.45. The van der Waals surface area contributed by atoms with Crippen LogP contribution < -0.4 is 27.4 Å². The molecule has 8 heteroatoms. The average molecular weight is 605 g/mol. The Kier molecular flexibility index (Phi) is 13.1. The summed E-state index contributed by atoms with van der Waals surface area (Å²) < 4.78 is 0. The van der Waals surface area contributed by atoms with E-state index in [0.29, 0.717) is 56.8 Å². The van der Waals surface area contributed by atoms with Crippen molar-refractivity contribution in [1.29, 1.82) is 0 Å². The fraction of sp³-hybridized carbons (Fsp3) is 0.611. The van der Waals surface area contributed by atoms with E-state index in [9.17, 15) is 19.5 Å². The van der Waals surface area contributed by atoms with Crippen molar-refractivity contribution in [2.24, 2.45) is 4.99 Å². The number of anilines is 1. The first kappa shape index (κ1) is 33.5. The number of aromatic amines is 2. The Morgan fingerprint density at radius 3 is 1.77 bits per heavy atom. The standard InChI is InChI=1S/C36H52N4O4/c1-3-5-7-8-9-10-11-12-13-14-15-16-17-18-19-20-22-38-28-24-26-29-30-25(33(41)40-36(44)32(28)30)23-27(37-21-6-4-2)31(29)35(43)39-34(26)42/h23-24,37H,3-22H2,1-2H3,(H,39,42,43)(H2,40,41,44). The Bertz CT molecular complexity index is 1660. The first-order valence-electron chi connectivity index (χ1n) is 17.3. The number of nitrogens with zero attached hydrogens (tertiary/aromatic N) is 1. The van der Waals surface area contributed by atoms with Crippen LogP contribution in [0.2, 0.25) is 0 Å². The number of hydrogen-bond donors (Lipinski definition) is 4. The van der Waals surface area contributed by atoms with Crippen molar-refractivity contribution in [1.82, 2.24) is 9.97 Å². The third-order valence-electron chi connectivity index (χ3n) is 8.94. The van der Waals surface area contributed by atoms with Crippen LogP contribution in [0, 0.1) is 0 Å². The summed E-state index contributed by atoms with van der Waals surface area (Å²) >= 11 is 0. The molecular formula is C36H52N4O4. The Balaban J connectivity index is 1.35. The highest BCUT2D eigenvalue weighted by Gasteiger charge is 2.25. The number of pyridine rings is 2. The van der Waals surface area contributed by atoms with Gasteiger partial charge in [0.15, 0.2) is 5.88 Å². The van der Waals surface area contributed by atoms with Gasteiger partial charge in [-0.1, -0.05) is 117 Å². The Morgan fingerprint density at radius 1 is 0.636 bits per heavy atom. The van der Waals surface area contributed by atoms with Crippen LogP contribution in [-0.2, 0) is 0 Å². The summed E-state index contributed by atoms with van der Waals surface area (Å²) in [5.41, 5.74) is -0.292. The minimum absolute atomic E-state index is 0.285. The normalized spacial score (nSPS) is 12.4. The summed E-state index contributed by atoms with van der Waals surface area (Å²) in [7, 11) is 0. The van der Waals surface area contributed by atoms with E-state index in [0.717, 1.165) is 32.1 Å². The highest BCUT2D eigenvalue weighted by molar-refractivity contribution is 6.18. The zero-order chi connectivity index (χ0) is 31.3. The molecule has 8 nitrogen and oxygen atoms in total. The van der Waals surface area contributed by atoms with Gasteiger partial charge in [-0.3, -0.25) is 29.3 Å². The Labute approximate surface area is 260 Å². The number of nitrogens with one attached hydrogen (secondary N) is 3. The molecule has 0 fully saturated rings. The van der Waals surface area contributed by atoms with Crippen LogP contribution in [-0.4, -0.2) is 28.2 Å². The molecule has 0 amide bonds. The summed E-state index contributed by atoms with van der Waals surface area (Å²) in [5.74, 6) is -0.285. The molecule has 2 aliphatic rings. The maximum Gasteiger partial charge on any atom is 0.260 e. The number of aromatic hydroxyl groups is 1. The van der Waals surface area contributed by atoms with Crippen molar-refractivity contribution in [3.63, 3.8) is 0 Å². The van der Waals surface area contributed by atoms with Gasteiger partial charge in [0.1, 0.15) is 0 Å². The molecule has 44 heavy (non-hydrogen) atoms. The van der Waals surface area contributed by atoms with Gasteiger partial charge in [0, 0.05) is 35.1 Å². The molecule has 2 aromatic rings. The maximum absolute atomic E-state index is 13.1. The van der Waals surface area contributed by atoms with E-state index in [2.05, 4.69) is 29.1 Å². The van der Waals surface area contributed by atoms with Gasteiger partial charge in [0.2, 0.25) is 0 Å². The molecule has 0 saturated carbocycles. The third kappa shape index (κ3) is 8.39. The van der Waals surface area contributed by atoms with Gasteiger partial charge in [-0.05, 0) is 25.0 Å². The summed E-state index contributed by atoms with van der Waals surface area (Å²) in [5, 5.41) is 15.8. The molecule has 4 N–H and O–H groups in total. The minimum atomic E-state index is -0.518. The molecule has 0 bridgehead atoms. The van der Waals surface area contributed by atoms with E-state index in [1.165, 1.54) is 83.5 Å². The molecule has 0 unspecified atom stereocenters. The predicted molar refractivity (Wildman–Crippen MR) is 183 cm³/mol. The predicted octanol–water partition coefficient (Wildman–Crippen LogP) is 7.79. The monoisotopic (exact) mass is 604 g/mol. The molecule has 0 radical (unpaired) electrons.